The van der Waals surface area contributed by atoms with Crippen LogP contribution in [0, 0.1) is 0 Å². The summed E-state index contributed by atoms with van der Waals surface area (Å²) in [6.07, 6.45) is 7.76. The molecule has 0 radical (unpaired) electrons. The fourth-order valence-corrected chi connectivity index (χ4v) is 3.20. The maximum Gasteiger partial charge on any atom is 0.270 e. The number of carbonyl (C=O) groups is 1. The largest absolute Gasteiger partial charge is 0.297 e. The van der Waals surface area contributed by atoms with E-state index in [0.29, 0.717) is 5.56 Å². The van der Waals surface area contributed by atoms with E-state index < -0.39 is 0 Å². The Labute approximate surface area is 132 Å². The molecule has 0 bridgehead atoms. The maximum absolute atomic E-state index is 12.0. The minimum absolute atomic E-state index is 0.107. The second-order valence-electron chi connectivity index (χ2n) is 5.37. The molecule has 1 aliphatic heterocycles. The average molecular weight is 348 g/mol. The van der Waals surface area contributed by atoms with Gasteiger partial charge in [0.15, 0.2) is 0 Å². The van der Waals surface area contributed by atoms with E-state index in [-0.39, 0.29) is 5.91 Å². The van der Waals surface area contributed by atoms with Crippen molar-refractivity contribution in [2.24, 2.45) is 0 Å². The fourth-order valence-electron chi connectivity index (χ4n) is 2.76. The summed E-state index contributed by atoms with van der Waals surface area (Å²) in [6.45, 7) is 2.21. The van der Waals surface area contributed by atoms with E-state index in [1.165, 1.54) is 19.3 Å². The molecule has 1 aliphatic rings. The van der Waals surface area contributed by atoms with Crippen LogP contribution in [0.2, 0.25) is 0 Å². The number of carbonyl (C=O) groups excluding carboxylic acids is 1. The molecule has 5 heteroatoms. The predicted molar refractivity (Wildman–Crippen MR) is 88.4 cm³/mol. The van der Waals surface area contributed by atoms with Crippen molar-refractivity contribution in [3.05, 3.63) is 33.9 Å². The summed E-state index contributed by atoms with van der Waals surface area (Å²) >= 11 is 3.51. The summed E-state index contributed by atoms with van der Waals surface area (Å²) in [5.74, 6) is -0.107. The number of pyridine rings is 1. The molecule has 3 rings (SSSR count). The molecule has 1 aromatic heterocycles. The van der Waals surface area contributed by atoms with E-state index in [9.17, 15) is 4.79 Å². The van der Waals surface area contributed by atoms with Crippen molar-refractivity contribution in [3.63, 3.8) is 0 Å². The Morgan fingerprint density at radius 3 is 2.86 bits per heavy atom. The Balaban J connectivity index is 2.03. The Kier molecular flexibility index (Phi) is 4.10. The van der Waals surface area contributed by atoms with Crippen LogP contribution >= 0.6 is 15.9 Å². The van der Waals surface area contributed by atoms with Gasteiger partial charge in [-0.25, -0.2) is 0 Å². The first kappa shape index (κ1) is 14.3. The molecule has 0 unspecified atom stereocenters. The standard InChI is InChI=1S/C16H18BrN3O/c1-2-3-4-5-6-10-9-18-15-12(17)8-7-11-13(15)14(10)19-20-16(11)21/h7-9,19H,2-6H2,1H3,(H,20,21). The van der Waals surface area contributed by atoms with Crippen molar-refractivity contribution in [2.45, 2.75) is 39.0 Å². The van der Waals surface area contributed by atoms with Crippen LogP contribution in [0.25, 0.3) is 10.9 Å². The third-order valence-corrected chi connectivity index (χ3v) is 4.53. The lowest BCUT2D eigenvalue weighted by Crippen LogP contribution is -2.34. The first-order valence-corrected chi connectivity index (χ1v) is 8.18. The summed E-state index contributed by atoms with van der Waals surface area (Å²) in [6, 6.07) is 3.72. The number of anilines is 1. The molecule has 0 fully saturated rings. The second kappa shape index (κ2) is 6.02. The zero-order valence-electron chi connectivity index (χ0n) is 12.0. The lowest BCUT2D eigenvalue weighted by molar-refractivity contribution is 0.0962. The number of hydrogen-bond acceptors (Lipinski definition) is 3. The molecule has 110 valence electrons. The smallest absolute Gasteiger partial charge is 0.270 e. The topological polar surface area (TPSA) is 54.0 Å². The van der Waals surface area contributed by atoms with Crippen LogP contribution in [0.1, 0.15) is 48.5 Å². The number of benzene rings is 1. The van der Waals surface area contributed by atoms with Crippen LogP contribution in [0.15, 0.2) is 22.8 Å². The van der Waals surface area contributed by atoms with Gasteiger partial charge in [-0.2, -0.15) is 0 Å². The van der Waals surface area contributed by atoms with Crippen molar-refractivity contribution >= 4 is 38.4 Å². The first-order valence-electron chi connectivity index (χ1n) is 7.38. The third kappa shape index (κ3) is 2.62. The fraction of sp³-hybridized carbons (Fsp3) is 0.375. The van der Waals surface area contributed by atoms with Crippen LogP contribution < -0.4 is 10.9 Å². The van der Waals surface area contributed by atoms with Gasteiger partial charge in [0, 0.05) is 16.1 Å². The number of aryl methyl sites for hydroxylation is 1. The van der Waals surface area contributed by atoms with Gasteiger partial charge in [-0.1, -0.05) is 26.2 Å². The Morgan fingerprint density at radius 1 is 1.19 bits per heavy atom. The van der Waals surface area contributed by atoms with Crippen LogP contribution in [-0.4, -0.2) is 10.9 Å². The van der Waals surface area contributed by atoms with Gasteiger partial charge in [0.2, 0.25) is 0 Å². The summed E-state index contributed by atoms with van der Waals surface area (Å²) in [7, 11) is 0. The van der Waals surface area contributed by atoms with E-state index in [0.717, 1.165) is 39.5 Å². The highest BCUT2D eigenvalue weighted by Gasteiger charge is 2.22. The summed E-state index contributed by atoms with van der Waals surface area (Å²) in [5, 5.41) is 0.918. The molecular weight excluding hydrogens is 330 g/mol. The number of aromatic nitrogens is 1. The highest BCUT2D eigenvalue weighted by Crippen LogP contribution is 2.35. The van der Waals surface area contributed by atoms with Crippen molar-refractivity contribution in [3.8, 4) is 0 Å². The zero-order chi connectivity index (χ0) is 14.8. The zero-order valence-corrected chi connectivity index (χ0v) is 13.6. The number of hydrogen-bond donors (Lipinski definition) is 2. The highest BCUT2D eigenvalue weighted by atomic mass is 79.9. The minimum atomic E-state index is -0.107. The third-order valence-electron chi connectivity index (χ3n) is 3.89. The van der Waals surface area contributed by atoms with Crippen molar-refractivity contribution < 1.29 is 4.79 Å². The lowest BCUT2D eigenvalue weighted by Gasteiger charge is -2.22. The number of nitrogens with one attached hydrogen (secondary N) is 2. The molecule has 4 nitrogen and oxygen atoms in total. The summed E-state index contributed by atoms with van der Waals surface area (Å²) < 4.78 is 0.913. The van der Waals surface area contributed by atoms with Gasteiger partial charge in [0.25, 0.3) is 5.91 Å². The molecule has 0 spiro atoms. The van der Waals surface area contributed by atoms with Crippen LogP contribution in [0.3, 0.4) is 0 Å². The second-order valence-corrected chi connectivity index (χ2v) is 6.22. The van der Waals surface area contributed by atoms with Gasteiger partial charge in [-0.15, -0.1) is 0 Å². The molecule has 0 saturated heterocycles. The number of unbranched alkanes of at least 4 members (excludes halogenated alkanes) is 3. The molecular formula is C16H18BrN3O. The molecule has 0 atom stereocenters. The molecule has 2 aromatic rings. The maximum atomic E-state index is 12.0. The normalized spacial score (nSPS) is 13.1. The number of halogens is 1. The number of rotatable bonds is 5. The number of hydrazine groups is 1. The van der Waals surface area contributed by atoms with Crippen LogP contribution in [0.5, 0.6) is 0 Å². The Morgan fingerprint density at radius 2 is 2.05 bits per heavy atom. The van der Waals surface area contributed by atoms with Crippen molar-refractivity contribution in [2.75, 3.05) is 5.43 Å². The van der Waals surface area contributed by atoms with E-state index in [4.69, 9.17) is 0 Å². The van der Waals surface area contributed by atoms with Gasteiger partial charge in [0.05, 0.1) is 16.8 Å². The van der Waals surface area contributed by atoms with Crippen molar-refractivity contribution in [1.82, 2.24) is 10.4 Å². The minimum Gasteiger partial charge on any atom is -0.297 e. The lowest BCUT2D eigenvalue weighted by atomic mass is 9.99. The van der Waals surface area contributed by atoms with Gasteiger partial charge < -0.3 is 0 Å². The van der Waals surface area contributed by atoms with E-state index in [2.05, 4.69) is 38.7 Å². The monoisotopic (exact) mass is 347 g/mol. The molecule has 21 heavy (non-hydrogen) atoms. The SMILES string of the molecule is CCCCCCc1cnc2c(Br)ccc3c2c1NNC3=O. The van der Waals surface area contributed by atoms with Crippen molar-refractivity contribution in [1.29, 1.82) is 0 Å². The molecule has 0 saturated carbocycles. The molecule has 1 aromatic carbocycles. The van der Waals surface area contributed by atoms with Gasteiger partial charge in [0.1, 0.15) is 0 Å². The molecule has 1 amide bonds. The summed E-state index contributed by atoms with van der Waals surface area (Å²) in [5.41, 5.74) is 9.46. The van der Waals surface area contributed by atoms with E-state index in [1.807, 2.05) is 18.3 Å². The van der Waals surface area contributed by atoms with E-state index in [1.54, 1.807) is 0 Å². The number of nitrogens with zero attached hydrogens (tertiary/aromatic N) is 1. The average Bonchev–Trinajstić information content (AvgIpc) is 2.50. The summed E-state index contributed by atoms with van der Waals surface area (Å²) in [4.78, 5) is 16.5. The molecule has 2 heterocycles. The van der Waals surface area contributed by atoms with Gasteiger partial charge in [-0.05, 0) is 46.5 Å². The van der Waals surface area contributed by atoms with Gasteiger partial charge in [-0.3, -0.25) is 20.6 Å². The number of amides is 1. The quantitative estimate of drug-likeness (QED) is 0.797. The van der Waals surface area contributed by atoms with E-state index >= 15 is 0 Å². The Hall–Kier alpha value is -1.62. The predicted octanol–water partition coefficient (Wildman–Crippen LogP) is 4.19. The van der Waals surface area contributed by atoms with Crippen LogP contribution in [0.4, 0.5) is 5.69 Å². The Bertz CT molecular complexity index is 699. The molecule has 2 N–H and O–H groups in total. The van der Waals surface area contributed by atoms with Gasteiger partial charge >= 0.3 is 0 Å². The van der Waals surface area contributed by atoms with Crippen LogP contribution in [-0.2, 0) is 6.42 Å². The first-order chi connectivity index (χ1) is 10.2. The molecule has 0 aliphatic carbocycles. The highest BCUT2D eigenvalue weighted by molar-refractivity contribution is 9.10.